The third kappa shape index (κ3) is 3.62. The molecule has 2 rings (SSSR count). The van der Waals surface area contributed by atoms with Crippen molar-refractivity contribution < 1.29 is 8.42 Å². The molecule has 2 aromatic rings. The monoisotopic (exact) mass is 308 g/mol. The normalized spacial score (nSPS) is 11.8. The molecule has 0 bridgehead atoms. The summed E-state index contributed by atoms with van der Waals surface area (Å²) in [6.45, 7) is 3.95. The Morgan fingerprint density at radius 3 is 2.67 bits per heavy atom. The van der Waals surface area contributed by atoms with Crippen LogP contribution in [0, 0.1) is 13.8 Å². The van der Waals surface area contributed by atoms with E-state index in [1.165, 1.54) is 6.07 Å². The smallest absolute Gasteiger partial charge is 0.240 e. The highest BCUT2D eigenvalue weighted by molar-refractivity contribution is 7.89. The van der Waals surface area contributed by atoms with E-state index >= 15 is 0 Å². The van der Waals surface area contributed by atoms with Gasteiger partial charge in [0, 0.05) is 25.5 Å². The van der Waals surface area contributed by atoms with Gasteiger partial charge in [-0.05, 0) is 49.1 Å². The first kappa shape index (κ1) is 15.5. The van der Waals surface area contributed by atoms with Crippen LogP contribution in [-0.2, 0) is 23.5 Å². The Kier molecular flexibility index (Phi) is 4.34. The number of nitrogens with one attached hydrogen (secondary N) is 1. The Morgan fingerprint density at radius 2 is 2.05 bits per heavy atom. The van der Waals surface area contributed by atoms with Crippen LogP contribution in [0.2, 0.25) is 0 Å². The first-order valence-electron chi connectivity index (χ1n) is 6.63. The molecule has 0 atom stereocenters. The SMILES string of the molecule is Cc1cc(N)cc(S(=O)(=O)NCCc2cnn(C)c2)c1C. The van der Waals surface area contributed by atoms with Crippen LogP contribution >= 0.6 is 0 Å². The van der Waals surface area contributed by atoms with Crippen molar-refractivity contribution in [1.29, 1.82) is 0 Å². The molecule has 7 heteroatoms. The van der Waals surface area contributed by atoms with E-state index in [-0.39, 0.29) is 4.90 Å². The molecule has 1 heterocycles. The van der Waals surface area contributed by atoms with Gasteiger partial charge in [0.15, 0.2) is 0 Å². The molecule has 0 saturated carbocycles. The highest BCUT2D eigenvalue weighted by atomic mass is 32.2. The van der Waals surface area contributed by atoms with E-state index in [2.05, 4.69) is 9.82 Å². The molecule has 0 aliphatic heterocycles. The fourth-order valence-electron chi connectivity index (χ4n) is 2.14. The quantitative estimate of drug-likeness (QED) is 0.811. The maximum atomic E-state index is 12.4. The Hall–Kier alpha value is -1.86. The molecule has 6 nitrogen and oxygen atoms in total. The van der Waals surface area contributed by atoms with Gasteiger partial charge in [-0.3, -0.25) is 4.68 Å². The lowest BCUT2D eigenvalue weighted by atomic mass is 10.1. The van der Waals surface area contributed by atoms with E-state index < -0.39 is 10.0 Å². The number of benzene rings is 1. The Bertz CT molecular complexity index is 750. The molecule has 1 aromatic heterocycles. The number of hydrogen-bond acceptors (Lipinski definition) is 4. The summed E-state index contributed by atoms with van der Waals surface area (Å²) in [6, 6.07) is 3.26. The van der Waals surface area contributed by atoms with E-state index in [4.69, 9.17) is 5.73 Å². The lowest BCUT2D eigenvalue weighted by Crippen LogP contribution is -2.27. The number of aryl methyl sites for hydroxylation is 2. The van der Waals surface area contributed by atoms with E-state index in [1.54, 1.807) is 23.9 Å². The van der Waals surface area contributed by atoms with Crippen molar-refractivity contribution in [3.05, 3.63) is 41.2 Å². The molecule has 114 valence electrons. The molecule has 0 aliphatic rings. The van der Waals surface area contributed by atoms with Crippen molar-refractivity contribution in [3.8, 4) is 0 Å². The summed E-state index contributed by atoms with van der Waals surface area (Å²) in [5, 5.41) is 4.05. The predicted octanol–water partition coefficient (Wildman–Crippen LogP) is 1.14. The number of nitrogens with zero attached hydrogens (tertiary/aromatic N) is 2. The number of aromatic nitrogens is 2. The van der Waals surface area contributed by atoms with Crippen LogP contribution in [0.3, 0.4) is 0 Å². The zero-order chi connectivity index (χ0) is 15.6. The number of rotatable bonds is 5. The Morgan fingerprint density at radius 1 is 1.33 bits per heavy atom. The van der Waals surface area contributed by atoms with Crippen LogP contribution in [0.5, 0.6) is 0 Å². The average molecular weight is 308 g/mol. The first-order chi connectivity index (χ1) is 9.79. The Balaban J connectivity index is 2.12. The van der Waals surface area contributed by atoms with E-state index in [0.29, 0.717) is 18.7 Å². The van der Waals surface area contributed by atoms with Crippen molar-refractivity contribution in [2.24, 2.45) is 7.05 Å². The lowest BCUT2D eigenvalue weighted by Gasteiger charge is -2.12. The molecule has 0 aliphatic carbocycles. The summed E-state index contributed by atoms with van der Waals surface area (Å²) < 4.78 is 29.0. The summed E-state index contributed by atoms with van der Waals surface area (Å²) in [6.07, 6.45) is 4.18. The predicted molar refractivity (Wildman–Crippen MR) is 82.4 cm³/mol. The van der Waals surface area contributed by atoms with Gasteiger partial charge >= 0.3 is 0 Å². The third-order valence-electron chi connectivity index (χ3n) is 3.40. The van der Waals surface area contributed by atoms with Gasteiger partial charge in [-0.1, -0.05) is 0 Å². The van der Waals surface area contributed by atoms with E-state index in [1.807, 2.05) is 20.2 Å². The average Bonchev–Trinajstić information content (AvgIpc) is 2.79. The standard InChI is InChI=1S/C14H20N4O2S/c1-10-6-13(15)7-14(11(10)2)21(19,20)17-5-4-12-8-16-18(3)9-12/h6-9,17H,4-5,15H2,1-3H3. The van der Waals surface area contributed by atoms with Crippen LogP contribution in [0.25, 0.3) is 0 Å². The molecule has 0 radical (unpaired) electrons. The van der Waals surface area contributed by atoms with Crippen molar-refractivity contribution in [2.45, 2.75) is 25.2 Å². The number of sulfonamides is 1. The number of anilines is 1. The minimum absolute atomic E-state index is 0.242. The Labute approximate surface area is 125 Å². The largest absolute Gasteiger partial charge is 0.399 e. The lowest BCUT2D eigenvalue weighted by molar-refractivity contribution is 0.581. The molecule has 0 saturated heterocycles. The summed E-state index contributed by atoms with van der Waals surface area (Å²) in [5.41, 5.74) is 8.76. The summed E-state index contributed by atoms with van der Waals surface area (Å²) >= 11 is 0. The van der Waals surface area contributed by atoms with Crippen molar-refractivity contribution in [2.75, 3.05) is 12.3 Å². The van der Waals surface area contributed by atoms with Crippen LogP contribution in [0.4, 0.5) is 5.69 Å². The van der Waals surface area contributed by atoms with Gasteiger partial charge < -0.3 is 5.73 Å². The highest BCUT2D eigenvalue weighted by Crippen LogP contribution is 2.22. The van der Waals surface area contributed by atoms with Crippen molar-refractivity contribution in [3.63, 3.8) is 0 Å². The van der Waals surface area contributed by atoms with Crippen LogP contribution in [0.15, 0.2) is 29.4 Å². The fraction of sp³-hybridized carbons (Fsp3) is 0.357. The maximum absolute atomic E-state index is 12.4. The molecule has 0 unspecified atom stereocenters. The van der Waals surface area contributed by atoms with Gasteiger partial charge in [0.25, 0.3) is 0 Å². The second-order valence-electron chi connectivity index (χ2n) is 5.13. The van der Waals surface area contributed by atoms with Crippen LogP contribution in [0.1, 0.15) is 16.7 Å². The number of hydrogen-bond donors (Lipinski definition) is 2. The first-order valence-corrected chi connectivity index (χ1v) is 8.12. The van der Waals surface area contributed by atoms with Gasteiger partial charge in [-0.15, -0.1) is 0 Å². The summed E-state index contributed by atoms with van der Waals surface area (Å²) in [7, 11) is -1.73. The van der Waals surface area contributed by atoms with Gasteiger partial charge in [0.2, 0.25) is 10.0 Å². The number of nitrogens with two attached hydrogens (primary N) is 1. The summed E-state index contributed by atoms with van der Waals surface area (Å²) in [4.78, 5) is 0.242. The molecule has 0 amide bonds. The minimum Gasteiger partial charge on any atom is -0.399 e. The van der Waals surface area contributed by atoms with Gasteiger partial charge in [-0.25, -0.2) is 13.1 Å². The second-order valence-corrected chi connectivity index (χ2v) is 6.87. The van der Waals surface area contributed by atoms with Crippen molar-refractivity contribution >= 4 is 15.7 Å². The molecule has 21 heavy (non-hydrogen) atoms. The van der Waals surface area contributed by atoms with Gasteiger partial charge in [0.1, 0.15) is 0 Å². The van der Waals surface area contributed by atoms with Crippen molar-refractivity contribution in [1.82, 2.24) is 14.5 Å². The van der Waals surface area contributed by atoms with Crippen LogP contribution in [-0.4, -0.2) is 24.7 Å². The molecule has 0 spiro atoms. The number of nitrogen functional groups attached to an aromatic ring is 1. The summed E-state index contributed by atoms with van der Waals surface area (Å²) in [5.74, 6) is 0. The van der Waals surface area contributed by atoms with Gasteiger partial charge in [-0.2, -0.15) is 5.10 Å². The molecule has 1 aromatic carbocycles. The van der Waals surface area contributed by atoms with Crippen LogP contribution < -0.4 is 10.5 Å². The second kappa shape index (κ2) is 5.87. The third-order valence-corrected chi connectivity index (χ3v) is 4.98. The minimum atomic E-state index is -3.56. The molecular weight excluding hydrogens is 288 g/mol. The van der Waals surface area contributed by atoms with Gasteiger partial charge in [0.05, 0.1) is 11.1 Å². The molecule has 3 N–H and O–H groups in total. The maximum Gasteiger partial charge on any atom is 0.240 e. The topological polar surface area (TPSA) is 90.0 Å². The fourth-order valence-corrected chi connectivity index (χ4v) is 3.52. The zero-order valence-corrected chi connectivity index (χ0v) is 13.2. The zero-order valence-electron chi connectivity index (χ0n) is 12.4. The molecular formula is C14H20N4O2S. The highest BCUT2D eigenvalue weighted by Gasteiger charge is 2.18. The van der Waals surface area contributed by atoms with E-state index in [9.17, 15) is 8.42 Å². The van der Waals surface area contributed by atoms with E-state index in [0.717, 1.165) is 16.7 Å². The molecule has 0 fully saturated rings.